The first kappa shape index (κ1) is 23.5. The van der Waals surface area contributed by atoms with Crippen LogP contribution < -0.4 is 14.8 Å². The van der Waals surface area contributed by atoms with E-state index in [1.165, 1.54) is 48.4 Å². The molecule has 1 fully saturated rings. The summed E-state index contributed by atoms with van der Waals surface area (Å²) in [5.74, 6) is -1.99. The van der Waals surface area contributed by atoms with Gasteiger partial charge in [-0.2, -0.15) is 0 Å². The largest absolute Gasteiger partial charge is 0.507 e. The number of aliphatic hydroxyl groups excluding tert-OH is 1. The third-order valence-corrected chi connectivity index (χ3v) is 6.58. The third kappa shape index (κ3) is 4.16. The van der Waals surface area contributed by atoms with Crippen LogP contribution in [-0.4, -0.2) is 32.3 Å². The molecule has 0 aromatic heterocycles. The van der Waals surface area contributed by atoms with E-state index in [1.54, 1.807) is 36.4 Å². The van der Waals surface area contributed by atoms with E-state index >= 15 is 0 Å². The van der Waals surface area contributed by atoms with Gasteiger partial charge in [-0.3, -0.25) is 14.5 Å². The van der Waals surface area contributed by atoms with E-state index in [1.807, 2.05) is 0 Å². The van der Waals surface area contributed by atoms with Crippen molar-refractivity contribution in [3.8, 4) is 5.75 Å². The molecule has 1 heterocycles. The van der Waals surface area contributed by atoms with Gasteiger partial charge in [0.25, 0.3) is 11.7 Å². The second-order valence-electron chi connectivity index (χ2n) is 7.46. The quantitative estimate of drug-likeness (QED) is 0.314. The van der Waals surface area contributed by atoms with Gasteiger partial charge in [0.2, 0.25) is 10.0 Å². The normalized spacial score (nSPS) is 17.7. The van der Waals surface area contributed by atoms with Crippen LogP contribution >= 0.6 is 11.6 Å². The number of anilines is 1. The lowest BCUT2D eigenvalue weighted by Gasteiger charge is -2.25. The minimum atomic E-state index is -3.95. The highest BCUT2D eigenvalue weighted by atomic mass is 35.5. The summed E-state index contributed by atoms with van der Waals surface area (Å²) in [6, 6.07) is 17.5. The number of nitrogens with zero attached hydrogens (tertiary/aromatic N) is 1. The molecule has 3 aromatic rings. The molecule has 0 saturated carbocycles. The fourth-order valence-electron chi connectivity index (χ4n) is 3.86. The molecule has 1 aliphatic rings. The maximum atomic E-state index is 13.2. The molecule has 4 rings (SSSR count). The van der Waals surface area contributed by atoms with Crippen LogP contribution in [0.3, 0.4) is 0 Å². The predicted molar refractivity (Wildman–Crippen MR) is 127 cm³/mol. The molecule has 0 spiro atoms. The van der Waals surface area contributed by atoms with Crippen molar-refractivity contribution in [2.75, 3.05) is 12.0 Å². The Morgan fingerprint density at radius 2 is 1.68 bits per heavy atom. The van der Waals surface area contributed by atoms with Crippen molar-refractivity contribution in [1.82, 2.24) is 0 Å². The highest BCUT2D eigenvalue weighted by Gasteiger charge is 2.47. The molecule has 1 unspecified atom stereocenters. The Morgan fingerprint density at radius 3 is 2.26 bits per heavy atom. The monoisotopic (exact) mass is 498 g/mol. The molecule has 1 amide bonds. The number of ether oxygens (including phenoxy) is 1. The van der Waals surface area contributed by atoms with Crippen molar-refractivity contribution in [3.05, 3.63) is 94.5 Å². The maximum absolute atomic E-state index is 13.2. The van der Waals surface area contributed by atoms with Gasteiger partial charge in [-0.25, -0.2) is 13.6 Å². The van der Waals surface area contributed by atoms with Gasteiger partial charge >= 0.3 is 0 Å². The summed E-state index contributed by atoms with van der Waals surface area (Å²) in [4.78, 5) is 27.4. The van der Waals surface area contributed by atoms with Gasteiger partial charge in [0.05, 0.1) is 29.2 Å². The van der Waals surface area contributed by atoms with Crippen molar-refractivity contribution in [1.29, 1.82) is 0 Å². The van der Waals surface area contributed by atoms with E-state index in [2.05, 4.69) is 0 Å². The molecule has 10 heteroatoms. The Balaban J connectivity index is 1.95. The summed E-state index contributed by atoms with van der Waals surface area (Å²) in [7, 11) is -2.55. The molecular weight excluding hydrogens is 480 g/mol. The van der Waals surface area contributed by atoms with Gasteiger partial charge in [-0.1, -0.05) is 41.9 Å². The van der Waals surface area contributed by atoms with Crippen molar-refractivity contribution >= 4 is 44.8 Å². The average Bonchev–Trinajstić information content (AvgIpc) is 3.09. The molecule has 1 aliphatic heterocycles. The Hall–Kier alpha value is -3.66. The Labute approximate surface area is 200 Å². The average molecular weight is 499 g/mol. The zero-order chi connectivity index (χ0) is 24.6. The van der Waals surface area contributed by atoms with Gasteiger partial charge in [-0.15, -0.1) is 0 Å². The molecule has 0 bridgehead atoms. The van der Waals surface area contributed by atoms with E-state index in [0.29, 0.717) is 10.6 Å². The Kier molecular flexibility index (Phi) is 6.18. The molecular formula is C24H19ClN2O6S. The molecule has 3 aromatic carbocycles. The van der Waals surface area contributed by atoms with Crippen LogP contribution in [0, 0.1) is 0 Å². The van der Waals surface area contributed by atoms with Crippen LogP contribution in [0.2, 0.25) is 5.02 Å². The van der Waals surface area contributed by atoms with Gasteiger partial charge in [0.1, 0.15) is 11.5 Å². The smallest absolute Gasteiger partial charge is 0.300 e. The number of methoxy groups -OCH3 is 1. The van der Waals surface area contributed by atoms with E-state index in [9.17, 15) is 23.1 Å². The number of hydrogen-bond acceptors (Lipinski definition) is 6. The molecule has 1 saturated heterocycles. The molecule has 8 nitrogen and oxygen atoms in total. The second-order valence-corrected chi connectivity index (χ2v) is 9.46. The van der Waals surface area contributed by atoms with E-state index in [0.717, 1.165) is 0 Å². The summed E-state index contributed by atoms with van der Waals surface area (Å²) in [5, 5.41) is 16.7. The van der Waals surface area contributed by atoms with E-state index in [-0.39, 0.29) is 27.5 Å². The second kappa shape index (κ2) is 8.94. The fourth-order valence-corrected chi connectivity index (χ4v) is 4.54. The van der Waals surface area contributed by atoms with Crippen molar-refractivity contribution in [2.45, 2.75) is 10.9 Å². The van der Waals surface area contributed by atoms with Crippen molar-refractivity contribution in [3.63, 3.8) is 0 Å². The van der Waals surface area contributed by atoms with Gasteiger partial charge in [0.15, 0.2) is 0 Å². The number of Topliss-reactive ketones (excluding diaryl/α,β-unsaturated/α-hetero) is 1. The summed E-state index contributed by atoms with van der Waals surface area (Å²) in [5.41, 5.74) is 0.797. The van der Waals surface area contributed by atoms with Crippen LogP contribution in [0.25, 0.3) is 5.76 Å². The van der Waals surface area contributed by atoms with Crippen LogP contribution in [0.5, 0.6) is 5.75 Å². The molecule has 1 atom stereocenters. The van der Waals surface area contributed by atoms with Crippen LogP contribution in [0.4, 0.5) is 5.69 Å². The Morgan fingerprint density at radius 1 is 1.03 bits per heavy atom. The fraction of sp³-hybridized carbons (Fsp3) is 0.0833. The van der Waals surface area contributed by atoms with E-state index in [4.69, 9.17) is 21.5 Å². The molecule has 174 valence electrons. The lowest BCUT2D eigenvalue weighted by Crippen LogP contribution is -2.29. The minimum Gasteiger partial charge on any atom is -0.507 e. The van der Waals surface area contributed by atoms with Gasteiger partial charge in [-0.05, 0) is 48.0 Å². The summed E-state index contributed by atoms with van der Waals surface area (Å²) < 4.78 is 28.6. The maximum Gasteiger partial charge on any atom is 0.300 e. The number of carbonyl (C=O) groups excluding carboxylic acids is 2. The number of primary sulfonamides is 1. The number of ketones is 1. The number of amides is 1. The van der Waals surface area contributed by atoms with Crippen molar-refractivity contribution < 1.29 is 27.9 Å². The number of rotatable bonds is 5. The van der Waals surface area contributed by atoms with E-state index < -0.39 is 33.5 Å². The molecule has 0 aliphatic carbocycles. The Bertz CT molecular complexity index is 1420. The third-order valence-electron chi connectivity index (χ3n) is 5.42. The number of carbonyl (C=O) groups is 2. The number of benzene rings is 3. The van der Waals surface area contributed by atoms with Gasteiger partial charge < -0.3 is 9.84 Å². The highest BCUT2D eigenvalue weighted by Crippen LogP contribution is 2.43. The number of halogens is 1. The lowest BCUT2D eigenvalue weighted by atomic mass is 9.95. The molecule has 3 N–H and O–H groups in total. The molecule has 0 radical (unpaired) electrons. The van der Waals surface area contributed by atoms with Crippen molar-refractivity contribution in [2.24, 2.45) is 5.14 Å². The highest BCUT2D eigenvalue weighted by molar-refractivity contribution is 7.89. The zero-order valence-corrected chi connectivity index (χ0v) is 19.4. The summed E-state index contributed by atoms with van der Waals surface area (Å²) >= 11 is 6.11. The first-order chi connectivity index (χ1) is 16.1. The number of nitrogens with two attached hydrogens (primary N) is 1. The topological polar surface area (TPSA) is 127 Å². The van der Waals surface area contributed by atoms with Crippen LogP contribution in [0.1, 0.15) is 17.2 Å². The van der Waals surface area contributed by atoms with Gasteiger partial charge in [0, 0.05) is 10.7 Å². The molecule has 34 heavy (non-hydrogen) atoms. The number of hydrogen-bond donors (Lipinski definition) is 2. The predicted octanol–water partition coefficient (Wildman–Crippen LogP) is 3.62. The summed E-state index contributed by atoms with van der Waals surface area (Å²) in [6.07, 6.45) is 0. The SMILES string of the molecule is COc1ccc(Cl)cc1/C(O)=C1\C(=O)C(=O)N(c2ccc(S(N)(=O)=O)cc2)C1c1ccccc1. The summed E-state index contributed by atoms with van der Waals surface area (Å²) in [6.45, 7) is 0. The number of aliphatic hydroxyl groups is 1. The zero-order valence-electron chi connectivity index (χ0n) is 17.8. The number of sulfonamides is 1. The minimum absolute atomic E-state index is 0.146. The first-order valence-electron chi connectivity index (χ1n) is 9.96. The van der Waals surface area contributed by atoms with Crippen LogP contribution in [0.15, 0.2) is 83.3 Å². The van der Waals surface area contributed by atoms with Crippen LogP contribution in [-0.2, 0) is 19.6 Å². The lowest BCUT2D eigenvalue weighted by molar-refractivity contribution is -0.132. The standard InChI is InChI=1S/C24H19ClN2O6S/c1-33-19-12-7-15(25)13-18(19)22(28)20-21(14-5-3-2-4-6-14)27(24(30)23(20)29)16-8-10-17(11-9-16)34(26,31)32/h2-13,21,28H,1H3,(H2,26,31,32)/b22-20+. The first-order valence-corrected chi connectivity index (χ1v) is 11.9.